The van der Waals surface area contributed by atoms with Gasteiger partial charge in [0.05, 0.1) is 6.26 Å². The van der Waals surface area contributed by atoms with Crippen molar-refractivity contribution in [1.82, 2.24) is 0 Å². The van der Waals surface area contributed by atoms with Crippen molar-refractivity contribution in [3.63, 3.8) is 0 Å². The molecule has 0 fully saturated rings. The maximum atomic E-state index is 5.16. The molecule has 0 saturated carbocycles. The SMILES string of the molecule is CCCCCCCc1ccoc1Br. The van der Waals surface area contributed by atoms with Gasteiger partial charge >= 0.3 is 0 Å². The van der Waals surface area contributed by atoms with Crippen LogP contribution in [0.15, 0.2) is 21.4 Å². The molecule has 1 aromatic heterocycles. The Morgan fingerprint density at radius 2 is 2.00 bits per heavy atom. The first kappa shape index (κ1) is 10.8. The fourth-order valence-electron chi connectivity index (χ4n) is 1.42. The highest BCUT2D eigenvalue weighted by Gasteiger charge is 2.01. The van der Waals surface area contributed by atoms with Gasteiger partial charge in [-0.15, -0.1) is 0 Å². The predicted octanol–water partition coefficient (Wildman–Crippen LogP) is 4.56. The van der Waals surface area contributed by atoms with E-state index in [4.69, 9.17) is 4.42 Å². The number of halogens is 1. The van der Waals surface area contributed by atoms with Gasteiger partial charge in [0.25, 0.3) is 0 Å². The van der Waals surface area contributed by atoms with Crippen LogP contribution in [-0.2, 0) is 6.42 Å². The molecule has 0 spiro atoms. The molecule has 0 radical (unpaired) electrons. The van der Waals surface area contributed by atoms with E-state index in [9.17, 15) is 0 Å². The molecule has 0 aromatic carbocycles. The number of furan rings is 1. The number of aryl methyl sites for hydroxylation is 1. The first-order valence-corrected chi connectivity index (χ1v) is 5.85. The second kappa shape index (κ2) is 6.25. The fraction of sp³-hybridized carbons (Fsp3) is 0.636. The number of hydrogen-bond acceptors (Lipinski definition) is 1. The second-order valence-corrected chi connectivity index (χ2v) is 4.10. The van der Waals surface area contributed by atoms with Gasteiger partial charge in [-0.1, -0.05) is 32.6 Å². The molecular formula is C11H17BrO. The molecule has 0 amide bonds. The van der Waals surface area contributed by atoms with Crippen LogP contribution in [-0.4, -0.2) is 0 Å². The van der Waals surface area contributed by atoms with Gasteiger partial charge in [0.15, 0.2) is 4.67 Å². The number of unbranched alkanes of at least 4 members (excludes halogenated alkanes) is 4. The van der Waals surface area contributed by atoms with Gasteiger partial charge in [-0.3, -0.25) is 0 Å². The lowest BCUT2D eigenvalue weighted by Crippen LogP contribution is -1.84. The molecule has 0 N–H and O–H groups in total. The number of rotatable bonds is 6. The Morgan fingerprint density at radius 1 is 1.23 bits per heavy atom. The molecule has 13 heavy (non-hydrogen) atoms. The molecule has 0 aliphatic heterocycles. The smallest absolute Gasteiger partial charge is 0.172 e. The van der Waals surface area contributed by atoms with Gasteiger partial charge in [0.1, 0.15) is 0 Å². The predicted molar refractivity (Wildman–Crippen MR) is 58.9 cm³/mol. The molecule has 1 heterocycles. The summed E-state index contributed by atoms with van der Waals surface area (Å²) in [6.45, 7) is 2.24. The Bertz CT molecular complexity index is 230. The van der Waals surface area contributed by atoms with Crippen molar-refractivity contribution >= 4 is 15.9 Å². The Morgan fingerprint density at radius 3 is 2.62 bits per heavy atom. The molecule has 0 saturated heterocycles. The van der Waals surface area contributed by atoms with Crippen molar-refractivity contribution < 1.29 is 4.42 Å². The maximum absolute atomic E-state index is 5.16. The molecule has 1 rings (SSSR count). The molecule has 1 aromatic rings. The monoisotopic (exact) mass is 244 g/mol. The highest BCUT2D eigenvalue weighted by Crippen LogP contribution is 2.19. The lowest BCUT2D eigenvalue weighted by molar-refractivity contribution is 0.534. The Balaban J connectivity index is 2.10. The average molecular weight is 245 g/mol. The van der Waals surface area contributed by atoms with Gasteiger partial charge in [-0.05, 0) is 34.8 Å². The van der Waals surface area contributed by atoms with Crippen LogP contribution in [0.5, 0.6) is 0 Å². The lowest BCUT2D eigenvalue weighted by atomic mass is 10.1. The van der Waals surface area contributed by atoms with E-state index in [1.54, 1.807) is 6.26 Å². The summed E-state index contributed by atoms with van der Waals surface area (Å²) in [6, 6.07) is 2.05. The normalized spacial score (nSPS) is 10.6. The summed E-state index contributed by atoms with van der Waals surface area (Å²) in [5.74, 6) is 0. The zero-order valence-corrected chi connectivity index (χ0v) is 9.77. The third kappa shape index (κ3) is 3.99. The average Bonchev–Trinajstić information content (AvgIpc) is 2.52. The first-order valence-electron chi connectivity index (χ1n) is 5.06. The van der Waals surface area contributed by atoms with Crippen LogP contribution in [0.2, 0.25) is 0 Å². The van der Waals surface area contributed by atoms with E-state index in [-0.39, 0.29) is 0 Å². The summed E-state index contributed by atoms with van der Waals surface area (Å²) in [5, 5.41) is 0. The summed E-state index contributed by atoms with van der Waals surface area (Å²) < 4.78 is 6.06. The molecule has 1 nitrogen and oxygen atoms in total. The first-order chi connectivity index (χ1) is 6.34. The molecule has 0 aliphatic rings. The standard InChI is InChI=1S/C11H17BrO/c1-2-3-4-5-6-7-10-8-9-13-11(10)12/h8-9H,2-7H2,1H3. The van der Waals surface area contributed by atoms with Crippen LogP contribution in [0.4, 0.5) is 0 Å². The van der Waals surface area contributed by atoms with E-state index >= 15 is 0 Å². The maximum Gasteiger partial charge on any atom is 0.172 e. The second-order valence-electron chi connectivity index (χ2n) is 3.38. The minimum atomic E-state index is 0.906. The third-order valence-corrected chi connectivity index (χ3v) is 2.94. The molecule has 0 atom stereocenters. The summed E-state index contributed by atoms with van der Waals surface area (Å²) >= 11 is 3.38. The van der Waals surface area contributed by atoms with E-state index in [1.807, 2.05) is 6.07 Å². The Hall–Kier alpha value is -0.240. The fourth-order valence-corrected chi connectivity index (χ4v) is 1.86. The van der Waals surface area contributed by atoms with Crippen molar-refractivity contribution in [2.75, 3.05) is 0 Å². The van der Waals surface area contributed by atoms with Gasteiger partial charge in [-0.2, -0.15) is 0 Å². The zero-order chi connectivity index (χ0) is 9.52. The van der Waals surface area contributed by atoms with Gasteiger partial charge in [0.2, 0.25) is 0 Å². The molecule has 0 aliphatic carbocycles. The third-order valence-electron chi connectivity index (χ3n) is 2.24. The van der Waals surface area contributed by atoms with E-state index in [0.29, 0.717) is 0 Å². The minimum Gasteiger partial charge on any atom is -0.457 e. The minimum absolute atomic E-state index is 0.906. The Labute approximate surface area is 88.6 Å². The van der Waals surface area contributed by atoms with Gasteiger partial charge < -0.3 is 4.42 Å². The van der Waals surface area contributed by atoms with E-state index < -0.39 is 0 Å². The molecule has 0 bridgehead atoms. The van der Waals surface area contributed by atoms with Crippen molar-refractivity contribution in [2.45, 2.75) is 45.4 Å². The van der Waals surface area contributed by atoms with Crippen LogP contribution in [0.1, 0.15) is 44.6 Å². The topological polar surface area (TPSA) is 13.1 Å². The van der Waals surface area contributed by atoms with Crippen LogP contribution >= 0.6 is 15.9 Å². The molecular weight excluding hydrogens is 228 g/mol. The van der Waals surface area contributed by atoms with E-state index in [0.717, 1.165) is 11.1 Å². The highest BCUT2D eigenvalue weighted by molar-refractivity contribution is 9.10. The summed E-state index contributed by atoms with van der Waals surface area (Å²) in [7, 11) is 0. The largest absolute Gasteiger partial charge is 0.457 e. The van der Waals surface area contributed by atoms with Crippen molar-refractivity contribution in [2.24, 2.45) is 0 Å². The van der Waals surface area contributed by atoms with E-state index in [2.05, 4.69) is 22.9 Å². The van der Waals surface area contributed by atoms with Crippen LogP contribution in [0.25, 0.3) is 0 Å². The van der Waals surface area contributed by atoms with Gasteiger partial charge in [-0.25, -0.2) is 0 Å². The molecule has 74 valence electrons. The van der Waals surface area contributed by atoms with Gasteiger partial charge in [0, 0.05) is 5.56 Å². The number of hydrogen-bond donors (Lipinski definition) is 0. The summed E-state index contributed by atoms with van der Waals surface area (Å²) in [4.78, 5) is 0. The van der Waals surface area contributed by atoms with E-state index in [1.165, 1.54) is 37.7 Å². The Kier molecular flexibility index (Phi) is 5.21. The van der Waals surface area contributed by atoms with Crippen LogP contribution < -0.4 is 0 Å². The molecule has 0 unspecified atom stereocenters. The molecule has 2 heteroatoms. The van der Waals surface area contributed by atoms with Crippen molar-refractivity contribution in [3.8, 4) is 0 Å². The van der Waals surface area contributed by atoms with Crippen LogP contribution in [0, 0.1) is 0 Å². The summed E-state index contributed by atoms with van der Waals surface area (Å²) in [5.41, 5.74) is 1.30. The highest BCUT2D eigenvalue weighted by atomic mass is 79.9. The van der Waals surface area contributed by atoms with Crippen LogP contribution in [0.3, 0.4) is 0 Å². The summed E-state index contributed by atoms with van der Waals surface area (Å²) in [6.07, 6.45) is 9.55. The quantitative estimate of drug-likeness (QED) is 0.670. The van der Waals surface area contributed by atoms with Crippen molar-refractivity contribution in [3.05, 3.63) is 22.6 Å². The van der Waals surface area contributed by atoms with Crippen molar-refractivity contribution in [1.29, 1.82) is 0 Å². The zero-order valence-electron chi connectivity index (χ0n) is 8.18. The lowest BCUT2D eigenvalue weighted by Gasteiger charge is -1.98.